The summed E-state index contributed by atoms with van der Waals surface area (Å²) in [5.41, 5.74) is 3.55. The van der Waals surface area contributed by atoms with Crippen LogP contribution in [0.25, 0.3) is 0 Å². The molecule has 0 aliphatic carbocycles. The molecule has 0 amide bonds. The Bertz CT molecular complexity index is 921. The normalized spacial score (nSPS) is 17.6. The molecule has 0 radical (unpaired) electrons. The van der Waals surface area contributed by atoms with Crippen molar-refractivity contribution in [3.05, 3.63) is 63.1 Å². The molecule has 0 bridgehead atoms. The molecule has 140 valence electrons. The predicted molar refractivity (Wildman–Crippen MR) is 107 cm³/mol. The van der Waals surface area contributed by atoms with E-state index in [1.807, 2.05) is 0 Å². The molecule has 0 saturated carbocycles. The summed E-state index contributed by atoms with van der Waals surface area (Å²) < 4.78 is 24.4. The molecule has 1 heterocycles. The van der Waals surface area contributed by atoms with Gasteiger partial charge in [-0.15, -0.1) is 0 Å². The number of fused-ring (bicyclic) bond motifs is 1. The van der Waals surface area contributed by atoms with E-state index in [-0.39, 0.29) is 4.90 Å². The molecule has 26 heavy (non-hydrogen) atoms. The summed E-state index contributed by atoms with van der Waals surface area (Å²) >= 11 is 3.66. The maximum atomic E-state index is 11.6. The fourth-order valence-electron chi connectivity index (χ4n) is 3.58. The van der Waals surface area contributed by atoms with Crippen LogP contribution in [0.1, 0.15) is 29.2 Å². The van der Waals surface area contributed by atoms with E-state index in [1.54, 1.807) is 31.2 Å². The third-order valence-corrected chi connectivity index (χ3v) is 6.78. The first kappa shape index (κ1) is 19.5. The number of hydrogen-bond donors (Lipinski definition) is 1. The lowest BCUT2D eigenvalue weighted by atomic mass is 9.92. The maximum absolute atomic E-state index is 11.6. The number of hydrogen-bond acceptors (Lipinski definition) is 4. The molecule has 1 unspecified atom stereocenters. The third-order valence-electron chi connectivity index (χ3n) is 4.94. The van der Waals surface area contributed by atoms with Gasteiger partial charge in [0.05, 0.1) is 10.5 Å². The van der Waals surface area contributed by atoms with E-state index in [1.165, 1.54) is 22.9 Å². The number of halogens is 1. The largest absolute Gasteiger partial charge is 0.384 e. The number of benzene rings is 2. The summed E-state index contributed by atoms with van der Waals surface area (Å²) in [5, 5.41) is 11.0. The second-order valence-corrected chi connectivity index (χ2v) is 10.3. The number of sulfone groups is 1. The van der Waals surface area contributed by atoms with Crippen LogP contribution >= 0.6 is 15.9 Å². The maximum Gasteiger partial charge on any atom is 0.175 e. The lowest BCUT2D eigenvalue weighted by Crippen LogP contribution is -2.41. The average molecular weight is 438 g/mol. The van der Waals surface area contributed by atoms with Gasteiger partial charge in [-0.05, 0) is 60.7 Å². The standard InChI is InChI=1S/C20H24BrNO3S/c1-14-10-15-12-22(9-8-18(15)19(21)11-14)13-20(2,23)16-4-6-17(7-5-16)26(3,24)25/h4-7,10-11,23H,8-9,12-13H2,1-3H3. The molecule has 2 aromatic carbocycles. The van der Waals surface area contributed by atoms with Gasteiger partial charge in [-0.25, -0.2) is 8.42 Å². The van der Waals surface area contributed by atoms with Gasteiger partial charge >= 0.3 is 0 Å². The topological polar surface area (TPSA) is 57.6 Å². The van der Waals surface area contributed by atoms with Gasteiger partial charge in [0.2, 0.25) is 0 Å². The third kappa shape index (κ3) is 4.19. The zero-order valence-corrected chi connectivity index (χ0v) is 17.7. The van der Waals surface area contributed by atoms with Crippen LogP contribution in [0.15, 0.2) is 45.8 Å². The van der Waals surface area contributed by atoms with Gasteiger partial charge in [-0.2, -0.15) is 0 Å². The van der Waals surface area contributed by atoms with Gasteiger partial charge < -0.3 is 5.11 Å². The molecule has 0 fully saturated rings. The molecule has 1 aliphatic rings. The summed E-state index contributed by atoms with van der Waals surface area (Å²) in [7, 11) is -3.23. The molecule has 4 nitrogen and oxygen atoms in total. The van der Waals surface area contributed by atoms with Crippen molar-refractivity contribution in [3.63, 3.8) is 0 Å². The SMILES string of the molecule is Cc1cc(Br)c2c(c1)CN(CC(C)(O)c1ccc(S(C)(=O)=O)cc1)CC2. The first-order valence-electron chi connectivity index (χ1n) is 8.59. The van der Waals surface area contributed by atoms with Crippen LogP contribution in [-0.2, 0) is 28.4 Å². The van der Waals surface area contributed by atoms with Gasteiger partial charge in [0.1, 0.15) is 0 Å². The Morgan fingerprint density at radius 3 is 2.50 bits per heavy atom. The van der Waals surface area contributed by atoms with E-state index in [0.29, 0.717) is 6.54 Å². The van der Waals surface area contributed by atoms with Crippen molar-refractivity contribution in [2.75, 3.05) is 19.3 Å². The molecular weight excluding hydrogens is 414 g/mol. The highest BCUT2D eigenvalue weighted by molar-refractivity contribution is 9.10. The summed E-state index contributed by atoms with van der Waals surface area (Å²) in [4.78, 5) is 2.52. The average Bonchev–Trinajstić information content (AvgIpc) is 2.53. The van der Waals surface area contributed by atoms with Crippen LogP contribution in [0.5, 0.6) is 0 Å². The number of rotatable bonds is 4. The number of aryl methyl sites for hydroxylation is 1. The zero-order valence-electron chi connectivity index (χ0n) is 15.3. The predicted octanol–water partition coefficient (Wildman–Crippen LogP) is 3.43. The molecule has 1 aliphatic heterocycles. The molecule has 3 rings (SSSR count). The minimum absolute atomic E-state index is 0.268. The fourth-order valence-corrected chi connectivity index (χ4v) is 5.02. The van der Waals surface area contributed by atoms with Crippen LogP contribution < -0.4 is 0 Å². The molecule has 0 spiro atoms. The second kappa shape index (κ2) is 7.08. The second-order valence-electron chi connectivity index (χ2n) is 7.42. The monoisotopic (exact) mass is 437 g/mol. The van der Waals surface area contributed by atoms with Crippen molar-refractivity contribution in [2.45, 2.75) is 37.3 Å². The van der Waals surface area contributed by atoms with Crippen molar-refractivity contribution in [2.24, 2.45) is 0 Å². The van der Waals surface area contributed by atoms with E-state index >= 15 is 0 Å². The van der Waals surface area contributed by atoms with Crippen LogP contribution in [0.2, 0.25) is 0 Å². The van der Waals surface area contributed by atoms with Crippen molar-refractivity contribution < 1.29 is 13.5 Å². The highest BCUT2D eigenvalue weighted by Gasteiger charge is 2.29. The van der Waals surface area contributed by atoms with E-state index in [9.17, 15) is 13.5 Å². The minimum atomic E-state index is -3.23. The Labute approximate surface area is 163 Å². The van der Waals surface area contributed by atoms with Crippen LogP contribution in [-0.4, -0.2) is 37.8 Å². The van der Waals surface area contributed by atoms with Gasteiger partial charge in [-0.3, -0.25) is 4.90 Å². The number of aliphatic hydroxyl groups is 1. The van der Waals surface area contributed by atoms with E-state index in [2.05, 4.69) is 39.9 Å². The Morgan fingerprint density at radius 1 is 1.23 bits per heavy atom. The molecule has 1 N–H and O–H groups in total. The van der Waals surface area contributed by atoms with Crippen molar-refractivity contribution in [1.29, 1.82) is 0 Å². The summed E-state index contributed by atoms with van der Waals surface area (Å²) in [6, 6.07) is 10.9. The van der Waals surface area contributed by atoms with Crippen LogP contribution in [0.4, 0.5) is 0 Å². The van der Waals surface area contributed by atoms with Crippen molar-refractivity contribution >= 4 is 25.8 Å². The van der Waals surface area contributed by atoms with Gasteiger partial charge in [0.15, 0.2) is 9.84 Å². The quantitative estimate of drug-likeness (QED) is 0.795. The van der Waals surface area contributed by atoms with E-state index in [0.717, 1.165) is 29.5 Å². The van der Waals surface area contributed by atoms with Crippen LogP contribution in [0, 0.1) is 6.92 Å². The molecule has 2 aromatic rings. The Balaban J connectivity index is 1.77. The first-order valence-corrected chi connectivity index (χ1v) is 11.3. The van der Waals surface area contributed by atoms with Crippen LogP contribution in [0.3, 0.4) is 0 Å². The lowest BCUT2D eigenvalue weighted by Gasteiger charge is -2.35. The number of β-amino-alcohol motifs (C(OH)–C–C–N with tert-alkyl or cyclic N) is 1. The smallest absolute Gasteiger partial charge is 0.175 e. The van der Waals surface area contributed by atoms with Crippen molar-refractivity contribution in [3.8, 4) is 0 Å². The molecule has 6 heteroatoms. The lowest BCUT2D eigenvalue weighted by molar-refractivity contribution is 0.0116. The van der Waals surface area contributed by atoms with Crippen molar-refractivity contribution in [1.82, 2.24) is 4.90 Å². The summed E-state index contributed by atoms with van der Waals surface area (Å²) in [6.07, 6.45) is 2.13. The Kier molecular flexibility index (Phi) is 5.32. The van der Waals surface area contributed by atoms with Gasteiger partial charge in [-0.1, -0.05) is 34.1 Å². The fraction of sp³-hybridized carbons (Fsp3) is 0.400. The molecule has 1 atom stereocenters. The highest BCUT2D eigenvalue weighted by atomic mass is 79.9. The minimum Gasteiger partial charge on any atom is -0.384 e. The number of nitrogens with zero attached hydrogens (tertiary/aromatic N) is 1. The highest BCUT2D eigenvalue weighted by Crippen LogP contribution is 2.30. The Morgan fingerprint density at radius 2 is 1.88 bits per heavy atom. The summed E-state index contributed by atoms with van der Waals surface area (Å²) in [6.45, 7) is 6.04. The molecular formula is C20H24BrNO3S. The molecule has 0 aromatic heterocycles. The van der Waals surface area contributed by atoms with Gasteiger partial charge in [0.25, 0.3) is 0 Å². The zero-order chi connectivity index (χ0) is 19.1. The van der Waals surface area contributed by atoms with Gasteiger partial charge in [0, 0.05) is 30.4 Å². The first-order chi connectivity index (χ1) is 12.1. The molecule has 0 saturated heterocycles. The van der Waals surface area contributed by atoms with E-state index < -0.39 is 15.4 Å². The summed E-state index contributed by atoms with van der Waals surface area (Å²) in [5.74, 6) is 0. The van der Waals surface area contributed by atoms with E-state index in [4.69, 9.17) is 0 Å². The Hall–Kier alpha value is -1.21.